The van der Waals surface area contributed by atoms with E-state index in [1.54, 1.807) is 23.7 Å². The summed E-state index contributed by atoms with van der Waals surface area (Å²) in [6.45, 7) is 1.48. The lowest BCUT2D eigenvalue weighted by Crippen LogP contribution is -2.02. The van der Waals surface area contributed by atoms with Gasteiger partial charge in [-0.3, -0.25) is 4.79 Å². The molecule has 0 amide bonds. The Morgan fingerprint density at radius 1 is 1.33 bits per heavy atom. The molecular formula is C10H8Cl2N2O. The first-order valence-corrected chi connectivity index (χ1v) is 5.08. The van der Waals surface area contributed by atoms with E-state index >= 15 is 0 Å². The summed E-state index contributed by atoms with van der Waals surface area (Å²) in [5, 5.41) is 0.902. The number of carbonyl (C=O) groups is 1. The molecule has 0 fully saturated rings. The molecule has 2 aromatic rings. The second kappa shape index (κ2) is 3.51. The van der Waals surface area contributed by atoms with Gasteiger partial charge in [-0.05, 0) is 12.1 Å². The number of imidazole rings is 1. The second-order valence-corrected chi connectivity index (χ2v) is 4.12. The number of aromatic nitrogens is 2. The van der Waals surface area contributed by atoms with Gasteiger partial charge in [-0.1, -0.05) is 23.2 Å². The maximum Gasteiger partial charge on any atom is 0.195 e. The van der Waals surface area contributed by atoms with E-state index in [0.29, 0.717) is 21.4 Å². The third-order valence-electron chi connectivity index (χ3n) is 2.24. The number of nitrogens with zero attached hydrogens (tertiary/aromatic N) is 2. The van der Waals surface area contributed by atoms with Crippen LogP contribution >= 0.6 is 23.2 Å². The number of Topliss-reactive ketones (excluding diaryl/α,β-unsaturated/α-hetero) is 1. The summed E-state index contributed by atoms with van der Waals surface area (Å²) in [5.41, 5.74) is 1.48. The molecule has 2 rings (SSSR count). The minimum absolute atomic E-state index is 0.0825. The van der Waals surface area contributed by atoms with Gasteiger partial charge in [-0.15, -0.1) is 0 Å². The molecule has 3 nitrogen and oxygen atoms in total. The fourth-order valence-corrected chi connectivity index (χ4v) is 1.82. The average molecular weight is 243 g/mol. The fourth-order valence-electron chi connectivity index (χ4n) is 1.50. The highest BCUT2D eigenvalue weighted by molar-refractivity contribution is 6.42. The van der Waals surface area contributed by atoms with Crippen molar-refractivity contribution in [1.82, 2.24) is 9.55 Å². The van der Waals surface area contributed by atoms with Gasteiger partial charge in [0.25, 0.3) is 0 Å². The summed E-state index contributed by atoms with van der Waals surface area (Å²) in [4.78, 5) is 15.4. The Morgan fingerprint density at radius 3 is 2.53 bits per heavy atom. The van der Waals surface area contributed by atoms with Gasteiger partial charge in [-0.2, -0.15) is 0 Å². The molecule has 5 heteroatoms. The zero-order valence-corrected chi connectivity index (χ0v) is 9.73. The minimum Gasteiger partial charge on any atom is -0.325 e. The summed E-state index contributed by atoms with van der Waals surface area (Å²) < 4.78 is 1.71. The van der Waals surface area contributed by atoms with Crippen molar-refractivity contribution in [3.05, 3.63) is 28.0 Å². The van der Waals surface area contributed by atoms with Crippen molar-refractivity contribution in [2.24, 2.45) is 7.05 Å². The molecule has 0 saturated heterocycles. The van der Waals surface area contributed by atoms with Gasteiger partial charge in [-0.25, -0.2) is 4.98 Å². The predicted molar refractivity (Wildman–Crippen MR) is 60.7 cm³/mol. The van der Waals surface area contributed by atoms with Crippen LogP contribution in [-0.4, -0.2) is 15.3 Å². The summed E-state index contributed by atoms with van der Waals surface area (Å²) in [5.74, 6) is 0.323. The summed E-state index contributed by atoms with van der Waals surface area (Å²) >= 11 is 11.8. The molecule has 0 radical (unpaired) electrons. The largest absolute Gasteiger partial charge is 0.325 e. The topological polar surface area (TPSA) is 34.9 Å². The lowest BCUT2D eigenvalue weighted by molar-refractivity contribution is 0.100. The number of carbonyl (C=O) groups excluding carboxylic acids is 1. The molecule has 0 aliphatic heterocycles. The van der Waals surface area contributed by atoms with Gasteiger partial charge in [0.1, 0.15) is 0 Å². The minimum atomic E-state index is -0.0825. The van der Waals surface area contributed by atoms with E-state index in [1.807, 2.05) is 0 Å². The Morgan fingerprint density at radius 2 is 1.93 bits per heavy atom. The number of benzene rings is 1. The molecule has 1 heterocycles. The molecule has 0 aliphatic rings. The second-order valence-electron chi connectivity index (χ2n) is 3.31. The molecule has 0 aliphatic carbocycles. The van der Waals surface area contributed by atoms with Crippen LogP contribution in [0.5, 0.6) is 0 Å². The lowest BCUT2D eigenvalue weighted by atomic mass is 10.3. The van der Waals surface area contributed by atoms with Crippen molar-refractivity contribution in [2.75, 3.05) is 0 Å². The van der Waals surface area contributed by atoms with Crippen LogP contribution in [0.4, 0.5) is 0 Å². The lowest BCUT2D eigenvalue weighted by Gasteiger charge is -1.98. The van der Waals surface area contributed by atoms with Crippen LogP contribution in [0.2, 0.25) is 10.0 Å². The molecule has 0 atom stereocenters. The van der Waals surface area contributed by atoms with Gasteiger partial charge in [0, 0.05) is 14.0 Å². The molecule has 0 saturated carbocycles. The Labute approximate surface area is 96.6 Å². The van der Waals surface area contributed by atoms with Crippen LogP contribution in [0.1, 0.15) is 17.5 Å². The molecule has 0 bridgehead atoms. The first-order chi connectivity index (χ1) is 7.00. The van der Waals surface area contributed by atoms with E-state index in [2.05, 4.69) is 4.98 Å². The van der Waals surface area contributed by atoms with Gasteiger partial charge in [0.05, 0.1) is 21.1 Å². The first kappa shape index (κ1) is 10.5. The number of aryl methyl sites for hydroxylation is 1. The van der Waals surface area contributed by atoms with E-state index in [-0.39, 0.29) is 5.78 Å². The molecule has 0 unspecified atom stereocenters. The molecular weight excluding hydrogens is 235 g/mol. The van der Waals surface area contributed by atoms with Crippen molar-refractivity contribution in [1.29, 1.82) is 0 Å². The molecule has 0 spiro atoms. The summed E-state index contributed by atoms with van der Waals surface area (Å²) in [7, 11) is 1.77. The zero-order valence-electron chi connectivity index (χ0n) is 8.21. The number of hydrogen-bond acceptors (Lipinski definition) is 2. The van der Waals surface area contributed by atoms with Crippen molar-refractivity contribution in [3.8, 4) is 0 Å². The van der Waals surface area contributed by atoms with E-state index in [1.165, 1.54) is 6.92 Å². The summed E-state index contributed by atoms with van der Waals surface area (Å²) in [6, 6.07) is 3.37. The van der Waals surface area contributed by atoms with Crippen LogP contribution in [0, 0.1) is 0 Å². The Kier molecular flexibility index (Phi) is 2.44. The predicted octanol–water partition coefficient (Wildman–Crippen LogP) is 3.08. The van der Waals surface area contributed by atoms with Crippen LogP contribution in [0.3, 0.4) is 0 Å². The highest BCUT2D eigenvalue weighted by Gasteiger charge is 2.12. The molecule has 15 heavy (non-hydrogen) atoms. The van der Waals surface area contributed by atoms with Crippen LogP contribution in [0.15, 0.2) is 12.1 Å². The number of ketones is 1. The fraction of sp³-hybridized carbons (Fsp3) is 0.200. The number of fused-ring (bicyclic) bond motifs is 1. The number of hydrogen-bond donors (Lipinski definition) is 0. The van der Waals surface area contributed by atoms with Gasteiger partial charge >= 0.3 is 0 Å². The highest BCUT2D eigenvalue weighted by atomic mass is 35.5. The van der Waals surface area contributed by atoms with Crippen molar-refractivity contribution >= 4 is 40.0 Å². The zero-order chi connectivity index (χ0) is 11.2. The summed E-state index contributed by atoms with van der Waals surface area (Å²) in [6.07, 6.45) is 0. The quantitative estimate of drug-likeness (QED) is 0.721. The maximum atomic E-state index is 11.3. The van der Waals surface area contributed by atoms with Gasteiger partial charge in [0.15, 0.2) is 11.6 Å². The third-order valence-corrected chi connectivity index (χ3v) is 2.96. The normalized spacial score (nSPS) is 10.9. The number of rotatable bonds is 1. The Bertz CT molecular complexity index is 560. The van der Waals surface area contributed by atoms with Gasteiger partial charge in [0.2, 0.25) is 0 Å². The van der Waals surface area contributed by atoms with E-state index < -0.39 is 0 Å². The van der Waals surface area contributed by atoms with Gasteiger partial charge < -0.3 is 4.57 Å². The third kappa shape index (κ3) is 1.62. The average Bonchev–Trinajstić information content (AvgIpc) is 2.46. The van der Waals surface area contributed by atoms with E-state index in [0.717, 1.165) is 5.52 Å². The van der Waals surface area contributed by atoms with Crippen molar-refractivity contribution in [3.63, 3.8) is 0 Å². The smallest absolute Gasteiger partial charge is 0.195 e. The molecule has 78 valence electrons. The van der Waals surface area contributed by atoms with E-state index in [9.17, 15) is 4.79 Å². The first-order valence-electron chi connectivity index (χ1n) is 4.33. The SMILES string of the molecule is CC(=O)c1nc2cc(Cl)c(Cl)cc2n1C. The Hall–Kier alpha value is -1.06. The molecule has 1 aromatic carbocycles. The maximum absolute atomic E-state index is 11.3. The standard InChI is InChI=1S/C10H8Cl2N2O/c1-5(15)10-13-8-3-6(11)7(12)4-9(8)14(10)2/h3-4H,1-2H3. The van der Waals surface area contributed by atoms with Crippen LogP contribution < -0.4 is 0 Å². The number of halogens is 2. The molecule has 1 aromatic heterocycles. The highest BCUT2D eigenvalue weighted by Crippen LogP contribution is 2.27. The Balaban J connectivity index is 2.83. The van der Waals surface area contributed by atoms with E-state index in [4.69, 9.17) is 23.2 Å². The van der Waals surface area contributed by atoms with Crippen molar-refractivity contribution in [2.45, 2.75) is 6.92 Å². The molecule has 0 N–H and O–H groups in total. The monoisotopic (exact) mass is 242 g/mol. The van der Waals surface area contributed by atoms with Crippen molar-refractivity contribution < 1.29 is 4.79 Å². The van der Waals surface area contributed by atoms with Crippen LogP contribution in [0.25, 0.3) is 11.0 Å². The van der Waals surface area contributed by atoms with Crippen LogP contribution in [-0.2, 0) is 7.05 Å².